The van der Waals surface area contributed by atoms with Gasteiger partial charge in [0.15, 0.2) is 5.79 Å². The summed E-state index contributed by atoms with van der Waals surface area (Å²) in [5, 5.41) is 3.44. The molecule has 1 aromatic heterocycles. The number of ether oxygens (including phenoxy) is 2. The second-order valence-electron chi connectivity index (χ2n) is 7.68. The number of aryl methyl sites for hydroxylation is 4. The van der Waals surface area contributed by atoms with E-state index in [-0.39, 0.29) is 5.79 Å². The van der Waals surface area contributed by atoms with Crippen molar-refractivity contribution < 1.29 is 9.47 Å². The first-order valence-corrected chi connectivity index (χ1v) is 9.68. The maximum atomic E-state index is 5.83. The average molecular weight is 368 g/mol. The zero-order chi connectivity index (χ0) is 19.0. The van der Waals surface area contributed by atoms with Crippen molar-refractivity contribution in [3.63, 3.8) is 0 Å². The quantitative estimate of drug-likeness (QED) is 0.889. The van der Waals surface area contributed by atoms with Gasteiger partial charge in [-0.1, -0.05) is 17.7 Å². The normalized spacial score (nSPS) is 18.9. The summed E-state index contributed by atoms with van der Waals surface area (Å²) in [4.78, 5) is 11.7. The number of rotatable bonds is 3. The summed E-state index contributed by atoms with van der Waals surface area (Å²) < 4.78 is 11.7. The first-order valence-electron chi connectivity index (χ1n) is 9.68. The van der Waals surface area contributed by atoms with Crippen LogP contribution in [-0.4, -0.2) is 42.1 Å². The minimum atomic E-state index is -0.365. The number of benzene rings is 1. The van der Waals surface area contributed by atoms with E-state index in [4.69, 9.17) is 14.5 Å². The van der Waals surface area contributed by atoms with Crippen molar-refractivity contribution in [2.75, 3.05) is 36.5 Å². The van der Waals surface area contributed by atoms with Gasteiger partial charge in [0.1, 0.15) is 5.82 Å². The van der Waals surface area contributed by atoms with Crippen LogP contribution in [0.4, 0.5) is 17.5 Å². The van der Waals surface area contributed by atoms with E-state index >= 15 is 0 Å². The third-order valence-corrected chi connectivity index (χ3v) is 5.42. The van der Waals surface area contributed by atoms with Crippen molar-refractivity contribution >= 4 is 17.5 Å². The molecule has 6 heteroatoms. The van der Waals surface area contributed by atoms with E-state index in [2.05, 4.69) is 48.1 Å². The third-order valence-electron chi connectivity index (χ3n) is 5.42. The van der Waals surface area contributed by atoms with Crippen LogP contribution in [-0.2, 0) is 9.47 Å². The predicted molar refractivity (Wildman–Crippen MR) is 107 cm³/mol. The number of hydrogen-bond donors (Lipinski definition) is 1. The maximum absolute atomic E-state index is 5.83. The van der Waals surface area contributed by atoms with Crippen molar-refractivity contribution in [2.24, 2.45) is 0 Å². The van der Waals surface area contributed by atoms with Gasteiger partial charge in [0.2, 0.25) is 5.95 Å². The molecule has 3 heterocycles. The number of hydrogen-bond acceptors (Lipinski definition) is 6. The summed E-state index contributed by atoms with van der Waals surface area (Å²) in [6.45, 7) is 11.5. The Hall–Kier alpha value is -2.18. The molecule has 1 aromatic carbocycles. The minimum absolute atomic E-state index is 0.365. The van der Waals surface area contributed by atoms with Gasteiger partial charge in [-0.25, -0.2) is 4.98 Å². The topological polar surface area (TPSA) is 59.5 Å². The molecule has 0 atom stereocenters. The lowest BCUT2D eigenvalue weighted by molar-refractivity contribution is -0.169. The van der Waals surface area contributed by atoms with Crippen LogP contribution in [0.25, 0.3) is 0 Å². The molecule has 1 N–H and O–H groups in total. The molecule has 0 unspecified atom stereocenters. The van der Waals surface area contributed by atoms with Gasteiger partial charge in [-0.15, -0.1) is 0 Å². The fourth-order valence-corrected chi connectivity index (χ4v) is 4.12. The van der Waals surface area contributed by atoms with Gasteiger partial charge in [-0.3, -0.25) is 0 Å². The Morgan fingerprint density at radius 3 is 2.19 bits per heavy atom. The molecule has 0 radical (unpaired) electrons. The van der Waals surface area contributed by atoms with Crippen molar-refractivity contribution in [1.82, 2.24) is 9.97 Å². The highest BCUT2D eigenvalue weighted by Gasteiger charge is 2.40. The first-order chi connectivity index (χ1) is 12.9. The van der Waals surface area contributed by atoms with Gasteiger partial charge in [0.05, 0.1) is 13.2 Å². The van der Waals surface area contributed by atoms with Crippen LogP contribution in [0.3, 0.4) is 0 Å². The number of piperidine rings is 1. The lowest BCUT2D eigenvalue weighted by Crippen LogP contribution is -2.45. The first kappa shape index (κ1) is 18.2. The second-order valence-corrected chi connectivity index (χ2v) is 7.68. The van der Waals surface area contributed by atoms with Gasteiger partial charge >= 0.3 is 0 Å². The summed E-state index contributed by atoms with van der Waals surface area (Å²) in [5.41, 5.74) is 5.71. The summed E-state index contributed by atoms with van der Waals surface area (Å²) in [5.74, 6) is 1.24. The minimum Gasteiger partial charge on any atom is -0.356 e. The maximum Gasteiger partial charge on any atom is 0.229 e. The Labute approximate surface area is 160 Å². The SMILES string of the molecule is Cc1cc(C)c(Nc2nc(C)cc(N3CCC4(CC3)OCCO4)n2)c(C)c1. The molecule has 4 rings (SSSR count). The summed E-state index contributed by atoms with van der Waals surface area (Å²) in [6.07, 6.45) is 1.74. The molecule has 6 nitrogen and oxygen atoms in total. The Morgan fingerprint density at radius 1 is 0.926 bits per heavy atom. The summed E-state index contributed by atoms with van der Waals surface area (Å²) in [7, 11) is 0. The zero-order valence-electron chi connectivity index (χ0n) is 16.6. The highest BCUT2D eigenvalue weighted by molar-refractivity contribution is 5.64. The van der Waals surface area contributed by atoms with E-state index in [1.807, 2.05) is 13.0 Å². The molecule has 2 aromatic rings. The van der Waals surface area contributed by atoms with Crippen molar-refractivity contribution in [1.29, 1.82) is 0 Å². The van der Waals surface area contributed by atoms with Gasteiger partial charge in [-0.2, -0.15) is 4.98 Å². The monoisotopic (exact) mass is 368 g/mol. The van der Waals surface area contributed by atoms with E-state index in [1.54, 1.807) is 0 Å². The zero-order valence-corrected chi connectivity index (χ0v) is 16.6. The summed E-state index contributed by atoms with van der Waals surface area (Å²) in [6, 6.07) is 6.41. The molecule has 2 saturated heterocycles. The highest BCUT2D eigenvalue weighted by atomic mass is 16.7. The lowest BCUT2D eigenvalue weighted by Gasteiger charge is -2.38. The molecular weight excluding hydrogens is 340 g/mol. The van der Waals surface area contributed by atoms with Gasteiger partial charge in [-0.05, 0) is 38.8 Å². The number of nitrogens with zero attached hydrogens (tertiary/aromatic N) is 3. The molecule has 2 fully saturated rings. The van der Waals surface area contributed by atoms with Crippen molar-refractivity contribution in [3.8, 4) is 0 Å². The largest absolute Gasteiger partial charge is 0.356 e. The van der Waals surface area contributed by atoms with Crippen LogP contribution in [0.1, 0.15) is 35.2 Å². The molecule has 2 aliphatic rings. The molecule has 0 saturated carbocycles. The number of aromatic nitrogens is 2. The Bertz CT molecular complexity index is 813. The fraction of sp³-hybridized carbons (Fsp3) is 0.524. The van der Waals surface area contributed by atoms with Crippen molar-refractivity contribution in [2.45, 2.75) is 46.3 Å². The molecule has 2 aliphatic heterocycles. The van der Waals surface area contributed by atoms with E-state index in [9.17, 15) is 0 Å². The van der Waals surface area contributed by atoms with Gasteiger partial charge < -0.3 is 19.7 Å². The lowest BCUT2D eigenvalue weighted by atomic mass is 10.0. The second kappa shape index (κ2) is 7.09. The Kier molecular flexibility index (Phi) is 4.78. The smallest absolute Gasteiger partial charge is 0.229 e. The Morgan fingerprint density at radius 2 is 1.56 bits per heavy atom. The van der Waals surface area contributed by atoms with Crippen LogP contribution in [0.2, 0.25) is 0 Å². The molecule has 27 heavy (non-hydrogen) atoms. The van der Waals surface area contributed by atoms with Crippen molar-refractivity contribution in [3.05, 3.63) is 40.6 Å². The van der Waals surface area contributed by atoms with E-state index in [1.165, 1.54) is 16.7 Å². The van der Waals surface area contributed by atoms with Gasteiger partial charge in [0.25, 0.3) is 0 Å². The van der Waals surface area contributed by atoms with E-state index in [0.717, 1.165) is 43.1 Å². The molecule has 144 valence electrons. The molecule has 0 aliphatic carbocycles. The standard InChI is InChI=1S/C21H28N4O2/c1-14-11-15(2)19(16(3)12-14)24-20-22-17(4)13-18(23-20)25-7-5-21(6-8-25)26-9-10-27-21/h11-13H,5-10H2,1-4H3,(H,22,23,24). The molecular formula is C21H28N4O2. The van der Waals surface area contributed by atoms with Gasteiger partial charge in [0, 0.05) is 43.4 Å². The number of nitrogens with one attached hydrogen (secondary N) is 1. The summed E-state index contributed by atoms with van der Waals surface area (Å²) >= 11 is 0. The predicted octanol–water partition coefficient (Wildman–Crippen LogP) is 3.80. The molecule has 1 spiro atoms. The van der Waals surface area contributed by atoms with Crippen LogP contribution < -0.4 is 10.2 Å². The van der Waals surface area contributed by atoms with E-state index in [0.29, 0.717) is 19.2 Å². The molecule has 0 bridgehead atoms. The third kappa shape index (κ3) is 3.77. The highest BCUT2D eigenvalue weighted by Crippen LogP contribution is 2.33. The average Bonchev–Trinajstić information content (AvgIpc) is 3.06. The van der Waals surface area contributed by atoms with Crippen LogP contribution >= 0.6 is 0 Å². The number of anilines is 3. The van der Waals surface area contributed by atoms with Crippen LogP contribution in [0, 0.1) is 27.7 Å². The van der Waals surface area contributed by atoms with Crippen LogP contribution in [0.5, 0.6) is 0 Å². The molecule has 0 amide bonds. The fourth-order valence-electron chi connectivity index (χ4n) is 4.12. The van der Waals surface area contributed by atoms with E-state index < -0.39 is 0 Å². The van der Waals surface area contributed by atoms with Crippen LogP contribution in [0.15, 0.2) is 18.2 Å². The Balaban J connectivity index is 1.54.